The monoisotopic (exact) mass is 284 g/mol. The van der Waals surface area contributed by atoms with Crippen LogP contribution in [0.1, 0.15) is 33.6 Å². The highest BCUT2D eigenvalue weighted by Gasteiger charge is 2.32. The van der Waals surface area contributed by atoms with Crippen LogP contribution in [-0.4, -0.2) is 59.5 Å². The minimum absolute atomic E-state index is 0.00406. The van der Waals surface area contributed by atoms with Gasteiger partial charge in [0.25, 0.3) is 0 Å². The largest absolute Gasteiger partial charge is 0.409 e. The predicted octanol–water partition coefficient (Wildman–Crippen LogP) is 0.948. The normalized spacial score (nSPS) is 22.2. The fourth-order valence-electron chi connectivity index (χ4n) is 2.98. The molecule has 1 aliphatic heterocycles. The van der Waals surface area contributed by atoms with Gasteiger partial charge in [0, 0.05) is 19.6 Å². The second kappa shape index (κ2) is 7.47. The number of likely N-dealkylation sites (tertiary alicyclic amines) is 1. The van der Waals surface area contributed by atoms with Gasteiger partial charge in [-0.15, -0.1) is 0 Å². The lowest BCUT2D eigenvalue weighted by Crippen LogP contribution is -2.47. The Kier molecular flexibility index (Phi) is 6.26. The van der Waals surface area contributed by atoms with Crippen LogP contribution >= 0.6 is 0 Å². The first-order valence-corrected chi connectivity index (χ1v) is 7.38. The Morgan fingerprint density at radius 3 is 2.70 bits per heavy atom. The summed E-state index contributed by atoms with van der Waals surface area (Å²) in [5.41, 5.74) is 5.66. The lowest BCUT2D eigenvalue weighted by Gasteiger charge is -2.30. The smallest absolute Gasteiger partial charge is 0.233 e. The summed E-state index contributed by atoms with van der Waals surface area (Å²) in [6.45, 7) is 8.78. The van der Waals surface area contributed by atoms with Crippen molar-refractivity contribution in [2.24, 2.45) is 22.7 Å². The topological polar surface area (TPSA) is 82.2 Å². The molecular weight excluding hydrogens is 256 g/mol. The molecule has 0 aromatic heterocycles. The van der Waals surface area contributed by atoms with Crippen molar-refractivity contribution in [2.45, 2.75) is 39.7 Å². The number of nitrogens with two attached hydrogens (primary N) is 1. The van der Waals surface area contributed by atoms with Crippen molar-refractivity contribution in [3.63, 3.8) is 0 Å². The minimum Gasteiger partial charge on any atom is -0.409 e. The van der Waals surface area contributed by atoms with Gasteiger partial charge in [-0.2, -0.15) is 0 Å². The molecule has 116 valence electrons. The Hall–Kier alpha value is -1.30. The Morgan fingerprint density at radius 1 is 1.55 bits per heavy atom. The summed E-state index contributed by atoms with van der Waals surface area (Å²) in [6.07, 6.45) is 2.32. The number of nitrogens with zero attached hydrogens (tertiary/aromatic N) is 3. The van der Waals surface area contributed by atoms with Gasteiger partial charge in [0.05, 0.1) is 0 Å². The van der Waals surface area contributed by atoms with Crippen LogP contribution < -0.4 is 5.73 Å². The van der Waals surface area contributed by atoms with Crippen molar-refractivity contribution >= 4 is 11.7 Å². The van der Waals surface area contributed by atoms with Crippen LogP contribution in [-0.2, 0) is 4.79 Å². The molecule has 0 radical (unpaired) electrons. The first-order valence-electron chi connectivity index (χ1n) is 7.38. The van der Waals surface area contributed by atoms with Gasteiger partial charge in [0.15, 0.2) is 5.84 Å². The molecule has 0 spiro atoms. The fourth-order valence-corrected chi connectivity index (χ4v) is 2.98. The molecule has 6 nitrogen and oxygen atoms in total. The molecule has 6 heteroatoms. The van der Waals surface area contributed by atoms with Gasteiger partial charge >= 0.3 is 0 Å². The van der Waals surface area contributed by atoms with Gasteiger partial charge in [0.2, 0.25) is 5.91 Å². The summed E-state index contributed by atoms with van der Waals surface area (Å²) in [4.78, 5) is 16.6. The third-order valence-corrected chi connectivity index (χ3v) is 4.13. The van der Waals surface area contributed by atoms with Crippen LogP contribution in [0, 0.1) is 11.8 Å². The van der Waals surface area contributed by atoms with Crippen LogP contribution in [0.4, 0.5) is 0 Å². The number of carbonyl (C=O) groups is 1. The number of carbonyl (C=O) groups excluding carboxylic acids is 1. The number of hydrogen-bond acceptors (Lipinski definition) is 4. The van der Waals surface area contributed by atoms with Crippen molar-refractivity contribution in [1.82, 2.24) is 9.80 Å². The van der Waals surface area contributed by atoms with E-state index in [1.807, 2.05) is 13.8 Å². The van der Waals surface area contributed by atoms with Crippen molar-refractivity contribution in [3.05, 3.63) is 0 Å². The quantitative estimate of drug-likeness (QED) is 0.329. The summed E-state index contributed by atoms with van der Waals surface area (Å²) in [5.74, 6) is -0.623. The van der Waals surface area contributed by atoms with E-state index in [0.29, 0.717) is 12.6 Å². The third kappa shape index (κ3) is 3.85. The summed E-state index contributed by atoms with van der Waals surface area (Å²) in [6, 6.07) is 0.425. The van der Waals surface area contributed by atoms with Gasteiger partial charge in [0.1, 0.15) is 5.92 Å². The van der Waals surface area contributed by atoms with E-state index in [2.05, 4.69) is 17.0 Å². The molecule has 2 atom stereocenters. The van der Waals surface area contributed by atoms with Crippen LogP contribution in [0.3, 0.4) is 0 Å². The summed E-state index contributed by atoms with van der Waals surface area (Å²) in [5, 5.41) is 11.8. The Morgan fingerprint density at radius 2 is 2.20 bits per heavy atom. The highest BCUT2D eigenvalue weighted by Crippen LogP contribution is 2.19. The van der Waals surface area contributed by atoms with E-state index < -0.39 is 5.92 Å². The lowest BCUT2D eigenvalue weighted by atomic mass is 9.93. The lowest BCUT2D eigenvalue weighted by molar-refractivity contribution is -0.133. The van der Waals surface area contributed by atoms with Crippen molar-refractivity contribution in [3.8, 4) is 0 Å². The zero-order valence-electron chi connectivity index (χ0n) is 13.0. The molecule has 2 unspecified atom stereocenters. The van der Waals surface area contributed by atoms with Crippen molar-refractivity contribution < 1.29 is 10.0 Å². The van der Waals surface area contributed by atoms with E-state index in [4.69, 9.17) is 10.9 Å². The molecule has 0 aromatic carbocycles. The van der Waals surface area contributed by atoms with Crippen LogP contribution in [0.25, 0.3) is 0 Å². The summed E-state index contributed by atoms with van der Waals surface area (Å²) >= 11 is 0. The molecule has 20 heavy (non-hydrogen) atoms. The second-order valence-corrected chi connectivity index (χ2v) is 5.89. The fraction of sp³-hybridized carbons (Fsp3) is 0.857. The van der Waals surface area contributed by atoms with Gasteiger partial charge < -0.3 is 15.8 Å². The van der Waals surface area contributed by atoms with Crippen molar-refractivity contribution in [2.75, 3.05) is 26.7 Å². The highest BCUT2D eigenvalue weighted by atomic mass is 16.4. The molecule has 3 N–H and O–H groups in total. The van der Waals surface area contributed by atoms with Crippen LogP contribution in [0.2, 0.25) is 0 Å². The first-order chi connectivity index (χ1) is 9.42. The van der Waals surface area contributed by atoms with E-state index >= 15 is 0 Å². The number of rotatable bonds is 6. The molecule has 0 bridgehead atoms. The van der Waals surface area contributed by atoms with Crippen LogP contribution in [0.15, 0.2) is 5.16 Å². The standard InChI is InChI=1S/C14H28N4O2/c1-5-18-8-6-7-11(18)9-17(4)14(19)12(10(2)3)13(15)16-20/h10-12,20H,5-9H2,1-4H3,(H2,15,16). The molecule has 0 aromatic rings. The molecule has 1 fully saturated rings. The molecule has 1 heterocycles. The molecular formula is C14H28N4O2. The maximum absolute atomic E-state index is 12.5. The van der Waals surface area contributed by atoms with Gasteiger partial charge in [-0.25, -0.2) is 0 Å². The van der Waals surface area contributed by atoms with E-state index in [1.165, 1.54) is 6.42 Å². The SMILES string of the molecule is CCN1CCCC1CN(C)C(=O)C(C(N)=NO)C(C)C. The Balaban J connectivity index is 2.69. The molecule has 0 aliphatic carbocycles. The average molecular weight is 284 g/mol. The molecule has 1 amide bonds. The average Bonchev–Trinajstić information content (AvgIpc) is 2.85. The summed E-state index contributed by atoms with van der Waals surface area (Å²) < 4.78 is 0. The zero-order valence-corrected chi connectivity index (χ0v) is 13.0. The van der Waals surface area contributed by atoms with E-state index in [-0.39, 0.29) is 17.7 Å². The van der Waals surface area contributed by atoms with E-state index in [9.17, 15) is 4.79 Å². The first kappa shape index (κ1) is 16.8. The zero-order chi connectivity index (χ0) is 15.3. The predicted molar refractivity (Wildman–Crippen MR) is 79.6 cm³/mol. The Labute approximate surface area is 121 Å². The van der Waals surface area contributed by atoms with Crippen molar-refractivity contribution in [1.29, 1.82) is 0 Å². The summed E-state index contributed by atoms with van der Waals surface area (Å²) in [7, 11) is 1.80. The maximum atomic E-state index is 12.5. The third-order valence-electron chi connectivity index (χ3n) is 4.13. The number of oxime groups is 1. The maximum Gasteiger partial charge on any atom is 0.233 e. The van der Waals surface area contributed by atoms with E-state index in [1.54, 1.807) is 11.9 Å². The Bertz CT molecular complexity index is 357. The molecule has 0 saturated carbocycles. The molecule has 1 saturated heterocycles. The number of likely N-dealkylation sites (N-methyl/N-ethyl adjacent to an activating group) is 2. The van der Waals surface area contributed by atoms with Gasteiger partial charge in [-0.05, 0) is 31.8 Å². The number of amides is 1. The van der Waals surface area contributed by atoms with Gasteiger partial charge in [-0.3, -0.25) is 9.69 Å². The number of amidine groups is 1. The van der Waals surface area contributed by atoms with Crippen LogP contribution in [0.5, 0.6) is 0 Å². The molecule has 1 aliphatic rings. The number of hydrogen-bond donors (Lipinski definition) is 2. The minimum atomic E-state index is -0.554. The molecule has 1 rings (SSSR count). The second-order valence-electron chi connectivity index (χ2n) is 5.89. The van der Waals surface area contributed by atoms with E-state index in [0.717, 1.165) is 19.5 Å². The highest BCUT2D eigenvalue weighted by molar-refractivity contribution is 6.02. The van der Waals surface area contributed by atoms with Gasteiger partial charge in [-0.1, -0.05) is 25.9 Å².